The quantitative estimate of drug-likeness (QED) is 0.788. The Morgan fingerprint density at radius 2 is 1.94 bits per heavy atom. The zero-order valence-electron chi connectivity index (χ0n) is 11.4. The number of fused-ring (bicyclic) bond motifs is 1. The number of anilines is 1. The summed E-state index contributed by atoms with van der Waals surface area (Å²) in [5, 5.41) is 0. The molecule has 2 rings (SSSR count). The van der Waals surface area contributed by atoms with Crippen molar-refractivity contribution >= 4 is 11.5 Å². The van der Waals surface area contributed by atoms with E-state index >= 15 is 0 Å². The molecule has 0 saturated heterocycles. The van der Waals surface area contributed by atoms with Crippen LogP contribution in [-0.2, 0) is 6.42 Å². The fourth-order valence-electron chi connectivity index (χ4n) is 2.41. The van der Waals surface area contributed by atoms with Gasteiger partial charge in [0.2, 0.25) is 0 Å². The molecule has 0 fully saturated rings. The number of nitrogen functional groups attached to an aromatic ring is 1. The summed E-state index contributed by atoms with van der Waals surface area (Å²) in [5.41, 5.74) is 9.35. The standard InChI is InChI=1S/C15H23N3/c1-3-4-5-6-7-10-13-15(16)18-12(2)9-8-11-14(18)17-13/h8-9,11H,3-7,10,16H2,1-2H3. The first-order valence-electron chi connectivity index (χ1n) is 6.96. The first-order chi connectivity index (χ1) is 8.74. The third kappa shape index (κ3) is 2.66. The number of nitrogens with two attached hydrogens (primary N) is 1. The van der Waals surface area contributed by atoms with Crippen LogP contribution in [0.3, 0.4) is 0 Å². The predicted molar refractivity (Wildman–Crippen MR) is 76.8 cm³/mol. The van der Waals surface area contributed by atoms with E-state index in [1.54, 1.807) is 0 Å². The van der Waals surface area contributed by atoms with Gasteiger partial charge in [0.25, 0.3) is 0 Å². The molecular weight excluding hydrogens is 222 g/mol. The van der Waals surface area contributed by atoms with Gasteiger partial charge in [-0.2, -0.15) is 0 Å². The van der Waals surface area contributed by atoms with Gasteiger partial charge in [-0.1, -0.05) is 38.7 Å². The molecule has 0 radical (unpaired) electrons. The Hall–Kier alpha value is -1.51. The second-order valence-electron chi connectivity index (χ2n) is 4.97. The van der Waals surface area contributed by atoms with E-state index in [9.17, 15) is 0 Å². The van der Waals surface area contributed by atoms with Crippen molar-refractivity contribution in [3.8, 4) is 0 Å². The van der Waals surface area contributed by atoms with E-state index in [4.69, 9.17) is 5.73 Å². The highest BCUT2D eigenvalue weighted by molar-refractivity contribution is 5.54. The molecule has 0 amide bonds. The van der Waals surface area contributed by atoms with E-state index in [1.165, 1.54) is 32.1 Å². The van der Waals surface area contributed by atoms with Crippen LogP contribution in [-0.4, -0.2) is 9.38 Å². The third-order valence-electron chi connectivity index (χ3n) is 3.47. The molecule has 0 spiro atoms. The van der Waals surface area contributed by atoms with Gasteiger partial charge in [-0.25, -0.2) is 4.98 Å². The molecule has 98 valence electrons. The fraction of sp³-hybridized carbons (Fsp3) is 0.533. The highest BCUT2D eigenvalue weighted by atomic mass is 15.1. The zero-order chi connectivity index (χ0) is 13.0. The predicted octanol–water partition coefficient (Wildman–Crippen LogP) is 3.74. The lowest BCUT2D eigenvalue weighted by Gasteiger charge is -2.02. The van der Waals surface area contributed by atoms with Gasteiger partial charge in [0.05, 0.1) is 5.69 Å². The molecule has 3 heteroatoms. The van der Waals surface area contributed by atoms with Crippen molar-refractivity contribution in [2.45, 2.75) is 52.4 Å². The van der Waals surface area contributed by atoms with E-state index in [-0.39, 0.29) is 0 Å². The molecule has 18 heavy (non-hydrogen) atoms. The van der Waals surface area contributed by atoms with E-state index < -0.39 is 0 Å². The van der Waals surface area contributed by atoms with Gasteiger partial charge >= 0.3 is 0 Å². The lowest BCUT2D eigenvalue weighted by atomic mass is 10.1. The molecule has 0 bridgehead atoms. The molecule has 2 N–H and O–H groups in total. The van der Waals surface area contributed by atoms with Crippen LogP contribution in [0.15, 0.2) is 18.2 Å². The fourth-order valence-corrected chi connectivity index (χ4v) is 2.41. The van der Waals surface area contributed by atoms with Gasteiger partial charge in [-0.3, -0.25) is 4.40 Å². The van der Waals surface area contributed by atoms with Gasteiger partial charge in [0.15, 0.2) is 0 Å². The lowest BCUT2D eigenvalue weighted by molar-refractivity contribution is 0.629. The minimum atomic E-state index is 0.818. The van der Waals surface area contributed by atoms with E-state index in [1.807, 2.05) is 16.5 Å². The van der Waals surface area contributed by atoms with Crippen LogP contribution in [0.25, 0.3) is 5.65 Å². The van der Waals surface area contributed by atoms with Crippen LogP contribution in [0.2, 0.25) is 0 Å². The maximum atomic E-state index is 6.18. The smallest absolute Gasteiger partial charge is 0.138 e. The number of unbranched alkanes of at least 4 members (excludes halogenated alkanes) is 4. The molecule has 2 aromatic rings. The molecule has 2 aromatic heterocycles. The Labute approximate surface area is 109 Å². The van der Waals surface area contributed by atoms with Gasteiger partial charge in [0.1, 0.15) is 11.5 Å². The molecule has 0 aliphatic rings. The maximum Gasteiger partial charge on any atom is 0.138 e. The van der Waals surface area contributed by atoms with Crippen molar-refractivity contribution in [1.82, 2.24) is 9.38 Å². The van der Waals surface area contributed by atoms with Crippen LogP contribution in [0.5, 0.6) is 0 Å². The van der Waals surface area contributed by atoms with Crippen molar-refractivity contribution in [1.29, 1.82) is 0 Å². The first-order valence-corrected chi connectivity index (χ1v) is 6.96. The third-order valence-corrected chi connectivity index (χ3v) is 3.47. The number of hydrogen-bond donors (Lipinski definition) is 1. The summed E-state index contributed by atoms with van der Waals surface area (Å²) < 4.78 is 2.04. The Morgan fingerprint density at radius 1 is 1.17 bits per heavy atom. The number of imidazole rings is 1. The highest BCUT2D eigenvalue weighted by Gasteiger charge is 2.09. The topological polar surface area (TPSA) is 43.3 Å². The van der Waals surface area contributed by atoms with E-state index in [2.05, 4.69) is 24.9 Å². The first kappa shape index (κ1) is 12.9. The summed E-state index contributed by atoms with van der Waals surface area (Å²) in [6.45, 7) is 4.30. The number of rotatable bonds is 6. The molecule has 0 aliphatic carbocycles. The summed E-state index contributed by atoms with van der Waals surface area (Å²) in [6.07, 6.45) is 7.40. The Morgan fingerprint density at radius 3 is 2.67 bits per heavy atom. The van der Waals surface area contributed by atoms with Crippen LogP contribution in [0, 0.1) is 6.92 Å². The monoisotopic (exact) mass is 245 g/mol. The van der Waals surface area contributed by atoms with Crippen molar-refractivity contribution in [3.63, 3.8) is 0 Å². The van der Waals surface area contributed by atoms with Crippen molar-refractivity contribution in [3.05, 3.63) is 29.6 Å². The Balaban J connectivity index is 2.05. The SMILES string of the molecule is CCCCCCCc1nc2cccc(C)n2c1N. The Kier molecular flexibility index (Phi) is 4.24. The second kappa shape index (κ2) is 5.89. The number of pyridine rings is 1. The van der Waals surface area contributed by atoms with Gasteiger partial charge < -0.3 is 5.73 Å². The van der Waals surface area contributed by atoms with Gasteiger partial charge in [-0.05, 0) is 31.9 Å². The molecule has 0 saturated carbocycles. The molecule has 3 nitrogen and oxygen atoms in total. The average molecular weight is 245 g/mol. The van der Waals surface area contributed by atoms with Crippen molar-refractivity contribution < 1.29 is 0 Å². The minimum absolute atomic E-state index is 0.818. The average Bonchev–Trinajstić information content (AvgIpc) is 2.68. The number of nitrogens with zero attached hydrogens (tertiary/aromatic N) is 2. The number of aryl methyl sites for hydroxylation is 2. The summed E-state index contributed by atoms with van der Waals surface area (Å²) >= 11 is 0. The van der Waals surface area contributed by atoms with Crippen molar-refractivity contribution in [2.24, 2.45) is 0 Å². The lowest BCUT2D eigenvalue weighted by Crippen LogP contribution is -1.99. The van der Waals surface area contributed by atoms with Gasteiger partial charge in [0, 0.05) is 5.69 Å². The zero-order valence-corrected chi connectivity index (χ0v) is 11.4. The van der Waals surface area contributed by atoms with Gasteiger partial charge in [-0.15, -0.1) is 0 Å². The summed E-state index contributed by atoms with van der Waals surface area (Å²) in [6, 6.07) is 6.11. The second-order valence-corrected chi connectivity index (χ2v) is 4.97. The molecule has 0 atom stereocenters. The largest absolute Gasteiger partial charge is 0.383 e. The summed E-state index contributed by atoms with van der Waals surface area (Å²) in [4.78, 5) is 4.63. The molecule has 0 aromatic carbocycles. The molecule has 0 unspecified atom stereocenters. The summed E-state index contributed by atoms with van der Waals surface area (Å²) in [5.74, 6) is 0.818. The van der Waals surface area contributed by atoms with Crippen LogP contribution in [0.1, 0.15) is 50.4 Å². The maximum absolute atomic E-state index is 6.18. The van der Waals surface area contributed by atoms with E-state index in [0.717, 1.165) is 29.3 Å². The Bertz CT molecular complexity index is 514. The van der Waals surface area contributed by atoms with Crippen LogP contribution in [0.4, 0.5) is 5.82 Å². The summed E-state index contributed by atoms with van der Waals surface area (Å²) in [7, 11) is 0. The number of hydrogen-bond acceptors (Lipinski definition) is 2. The number of aromatic nitrogens is 2. The highest BCUT2D eigenvalue weighted by Crippen LogP contribution is 2.19. The van der Waals surface area contributed by atoms with E-state index in [0.29, 0.717) is 0 Å². The van der Waals surface area contributed by atoms with Crippen molar-refractivity contribution in [2.75, 3.05) is 5.73 Å². The van der Waals surface area contributed by atoms with Crippen LogP contribution >= 0.6 is 0 Å². The molecule has 0 aliphatic heterocycles. The normalized spacial score (nSPS) is 11.2. The minimum Gasteiger partial charge on any atom is -0.383 e. The van der Waals surface area contributed by atoms with Crippen LogP contribution < -0.4 is 5.73 Å². The molecule has 2 heterocycles. The molecular formula is C15H23N3.